The molecule has 0 bridgehead atoms. The molecular formula is C16H20FNO2. The van der Waals surface area contributed by atoms with E-state index in [0.29, 0.717) is 23.0 Å². The van der Waals surface area contributed by atoms with Crippen molar-refractivity contribution < 1.29 is 9.50 Å². The van der Waals surface area contributed by atoms with Crippen LogP contribution in [0.15, 0.2) is 23.0 Å². The quantitative estimate of drug-likeness (QED) is 0.787. The average Bonchev–Trinajstić information content (AvgIpc) is 2.43. The van der Waals surface area contributed by atoms with Crippen molar-refractivity contribution in [1.82, 2.24) is 4.98 Å². The van der Waals surface area contributed by atoms with Crippen molar-refractivity contribution in [2.45, 2.75) is 45.4 Å². The van der Waals surface area contributed by atoms with Crippen LogP contribution in [-0.2, 0) is 6.42 Å². The Morgan fingerprint density at radius 1 is 1.20 bits per heavy atom. The van der Waals surface area contributed by atoms with E-state index in [9.17, 15) is 14.3 Å². The van der Waals surface area contributed by atoms with Gasteiger partial charge in [0.25, 0.3) is 0 Å². The van der Waals surface area contributed by atoms with Gasteiger partial charge in [0, 0.05) is 5.39 Å². The number of nitrogens with one attached hydrogen (secondary N) is 1. The zero-order valence-corrected chi connectivity index (χ0v) is 11.7. The maximum Gasteiger partial charge on any atom is 0.231 e. The molecule has 1 aromatic carbocycles. The Morgan fingerprint density at radius 3 is 2.70 bits per heavy atom. The van der Waals surface area contributed by atoms with Crippen molar-refractivity contribution in [1.29, 1.82) is 0 Å². The number of aromatic nitrogens is 1. The largest absolute Gasteiger partial charge is 0.503 e. The molecule has 2 N–H and O–H groups in total. The Hall–Kier alpha value is -1.84. The summed E-state index contributed by atoms with van der Waals surface area (Å²) < 4.78 is 13.2. The molecule has 108 valence electrons. The molecule has 0 aliphatic heterocycles. The van der Waals surface area contributed by atoms with Crippen LogP contribution in [0.2, 0.25) is 0 Å². The van der Waals surface area contributed by atoms with Crippen LogP contribution in [0.25, 0.3) is 10.9 Å². The number of pyridine rings is 1. The van der Waals surface area contributed by atoms with Crippen LogP contribution >= 0.6 is 0 Å². The van der Waals surface area contributed by atoms with Gasteiger partial charge in [-0.1, -0.05) is 32.6 Å². The standard InChI is InChI=1S/C16H20FNO2/c1-2-3-4-5-6-7-13-16(20)15(19)12-9-8-11(17)10-14(12)18-13/h8-10,20H,2-7H2,1H3,(H,18,19). The molecule has 20 heavy (non-hydrogen) atoms. The van der Waals surface area contributed by atoms with E-state index in [1.54, 1.807) is 0 Å². The van der Waals surface area contributed by atoms with E-state index in [2.05, 4.69) is 11.9 Å². The van der Waals surface area contributed by atoms with Gasteiger partial charge in [-0.05, 0) is 31.0 Å². The summed E-state index contributed by atoms with van der Waals surface area (Å²) in [7, 11) is 0. The molecule has 0 saturated heterocycles. The fourth-order valence-electron chi connectivity index (χ4n) is 2.39. The Morgan fingerprint density at radius 2 is 1.95 bits per heavy atom. The molecule has 0 saturated carbocycles. The van der Waals surface area contributed by atoms with Gasteiger partial charge in [-0.15, -0.1) is 0 Å². The third-order valence-electron chi connectivity index (χ3n) is 3.54. The van der Waals surface area contributed by atoms with Gasteiger partial charge in [-0.25, -0.2) is 4.39 Å². The van der Waals surface area contributed by atoms with Gasteiger partial charge in [0.1, 0.15) is 5.82 Å². The van der Waals surface area contributed by atoms with E-state index in [0.717, 1.165) is 19.3 Å². The van der Waals surface area contributed by atoms with Crippen molar-refractivity contribution in [3.8, 4) is 5.75 Å². The van der Waals surface area contributed by atoms with E-state index >= 15 is 0 Å². The number of halogens is 1. The first kappa shape index (κ1) is 14.6. The lowest BCUT2D eigenvalue weighted by Crippen LogP contribution is -2.07. The second-order valence-electron chi connectivity index (χ2n) is 5.14. The maximum atomic E-state index is 13.2. The number of unbranched alkanes of at least 4 members (excludes halogenated alkanes) is 4. The van der Waals surface area contributed by atoms with E-state index in [1.165, 1.54) is 31.0 Å². The molecule has 1 heterocycles. The molecule has 0 atom stereocenters. The normalized spacial score (nSPS) is 11.1. The maximum absolute atomic E-state index is 13.2. The SMILES string of the molecule is CCCCCCCc1[nH]c2cc(F)ccc2c(=O)c1O. The lowest BCUT2D eigenvalue weighted by Gasteiger charge is -2.07. The highest BCUT2D eigenvalue weighted by Gasteiger charge is 2.11. The number of rotatable bonds is 6. The highest BCUT2D eigenvalue weighted by Crippen LogP contribution is 2.19. The van der Waals surface area contributed by atoms with Gasteiger partial charge in [-0.3, -0.25) is 4.79 Å². The highest BCUT2D eigenvalue weighted by molar-refractivity contribution is 5.80. The summed E-state index contributed by atoms with van der Waals surface area (Å²) in [4.78, 5) is 15.0. The molecule has 0 aliphatic rings. The number of hydrogen-bond donors (Lipinski definition) is 2. The van der Waals surface area contributed by atoms with Crippen LogP contribution < -0.4 is 5.43 Å². The van der Waals surface area contributed by atoms with E-state index < -0.39 is 11.2 Å². The summed E-state index contributed by atoms with van der Waals surface area (Å²) in [6, 6.07) is 3.91. The number of aromatic hydroxyl groups is 1. The van der Waals surface area contributed by atoms with Gasteiger partial charge in [0.2, 0.25) is 5.43 Å². The Kier molecular flexibility index (Phi) is 4.77. The van der Waals surface area contributed by atoms with Crippen molar-refractivity contribution in [3.63, 3.8) is 0 Å². The van der Waals surface area contributed by atoms with Crippen LogP contribution in [0.4, 0.5) is 4.39 Å². The van der Waals surface area contributed by atoms with Gasteiger partial charge < -0.3 is 10.1 Å². The second kappa shape index (κ2) is 6.55. The summed E-state index contributed by atoms with van der Waals surface area (Å²) in [5, 5.41) is 10.2. The molecule has 0 radical (unpaired) electrons. The lowest BCUT2D eigenvalue weighted by atomic mass is 10.1. The third kappa shape index (κ3) is 3.18. The second-order valence-corrected chi connectivity index (χ2v) is 5.14. The molecule has 0 unspecified atom stereocenters. The lowest BCUT2D eigenvalue weighted by molar-refractivity contribution is 0.458. The summed E-state index contributed by atoms with van der Waals surface area (Å²) in [6.07, 6.45) is 6.12. The van der Waals surface area contributed by atoms with E-state index in [4.69, 9.17) is 0 Å². The van der Waals surface area contributed by atoms with Crippen molar-refractivity contribution >= 4 is 10.9 Å². The summed E-state index contributed by atoms with van der Waals surface area (Å²) in [5.41, 5.74) is 0.517. The molecule has 2 rings (SSSR count). The topological polar surface area (TPSA) is 53.1 Å². The predicted octanol–water partition coefficient (Wildman–Crippen LogP) is 3.89. The molecule has 4 heteroatoms. The zero-order chi connectivity index (χ0) is 14.5. The fraction of sp³-hybridized carbons (Fsp3) is 0.438. The minimum absolute atomic E-state index is 0.236. The molecular weight excluding hydrogens is 257 g/mol. The monoisotopic (exact) mass is 277 g/mol. The number of benzene rings is 1. The van der Waals surface area contributed by atoms with E-state index in [-0.39, 0.29) is 5.75 Å². The number of aryl methyl sites for hydroxylation is 1. The molecule has 0 spiro atoms. The average molecular weight is 277 g/mol. The number of H-pyrrole nitrogens is 1. The van der Waals surface area contributed by atoms with Gasteiger partial charge in [0.15, 0.2) is 5.75 Å². The summed E-state index contributed by atoms with van der Waals surface area (Å²) >= 11 is 0. The highest BCUT2D eigenvalue weighted by atomic mass is 19.1. The Balaban J connectivity index is 2.21. The molecule has 0 amide bonds. The number of hydrogen-bond acceptors (Lipinski definition) is 2. The van der Waals surface area contributed by atoms with Crippen molar-refractivity contribution in [2.75, 3.05) is 0 Å². The molecule has 0 aliphatic carbocycles. The first-order chi connectivity index (χ1) is 9.63. The summed E-state index contributed by atoms with van der Waals surface area (Å²) in [5.74, 6) is -0.632. The van der Waals surface area contributed by atoms with Crippen LogP contribution in [0.1, 0.15) is 44.7 Å². The van der Waals surface area contributed by atoms with E-state index in [1.807, 2.05) is 0 Å². The van der Waals surface area contributed by atoms with Crippen molar-refractivity contribution in [2.24, 2.45) is 0 Å². The predicted molar refractivity (Wildman–Crippen MR) is 78.7 cm³/mol. The minimum Gasteiger partial charge on any atom is -0.503 e. The Labute approximate surface area is 117 Å². The smallest absolute Gasteiger partial charge is 0.231 e. The van der Waals surface area contributed by atoms with Crippen LogP contribution in [0.5, 0.6) is 5.75 Å². The number of fused-ring (bicyclic) bond motifs is 1. The van der Waals surface area contributed by atoms with Crippen LogP contribution in [0.3, 0.4) is 0 Å². The summed E-state index contributed by atoms with van der Waals surface area (Å²) in [6.45, 7) is 2.15. The Bertz CT molecular complexity index is 649. The zero-order valence-electron chi connectivity index (χ0n) is 11.7. The molecule has 3 nitrogen and oxygen atoms in total. The van der Waals surface area contributed by atoms with Crippen molar-refractivity contribution in [3.05, 3.63) is 39.9 Å². The minimum atomic E-state index is -0.428. The van der Waals surface area contributed by atoms with Gasteiger partial charge in [0.05, 0.1) is 11.2 Å². The van der Waals surface area contributed by atoms with Gasteiger partial charge >= 0.3 is 0 Å². The first-order valence-electron chi connectivity index (χ1n) is 7.17. The molecule has 0 fully saturated rings. The first-order valence-corrected chi connectivity index (χ1v) is 7.17. The fourth-order valence-corrected chi connectivity index (χ4v) is 2.39. The molecule has 1 aromatic heterocycles. The van der Waals surface area contributed by atoms with Crippen LogP contribution in [0, 0.1) is 5.82 Å². The van der Waals surface area contributed by atoms with Gasteiger partial charge in [-0.2, -0.15) is 0 Å². The molecule has 2 aromatic rings. The number of aromatic amines is 1. The third-order valence-corrected chi connectivity index (χ3v) is 3.54. The van der Waals surface area contributed by atoms with Crippen LogP contribution in [-0.4, -0.2) is 10.1 Å².